The summed E-state index contributed by atoms with van der Waals surface area (Å²) in [6.45, 7) is 4.72. The van der Waals surface area contributed by atoms with Crippen LogP contribution in [-0.2, 0) is 6.54 Å². The van der Waals surface area contributed by atoms with Crippen molar-refractivity contribution < 1.29 is 0 Å². The maximum absolute atomic E-state index is 11.7. The summed E-state index contributed by atoms with van der Waals surface area (Å²) in [6, 6.07) is 3.31. The summed E-state index contributed by atoms with van der Waals surface area (Å²) >= 11 is 0. The van der Waals surface area contributed by atoms with Crippen molar-refractivity contribution in [3.8, 4) is 0 Å². The Hall–Kier alpha value is -1.58. The molecule has 0 saturated heterocycles. The molecule has 1 aromatic rings. The van der Waals surface area contributed by atoms with Gasteiger partial charge in [-0.15, -0.1) is 0 Å². The summed E-state index contributed by atoms with van der Waals surface area (Å²) in [7, 11) is 0. The maximum atomic E-state index is 11.7. The summed E-state index contributed by atoms with van der Waals surface area (Å²) in [5, 5.41) is 7.22. The van der Waals surface area contributed by atoms with E-state index in [1.54, 1.807) is 22.9 Å². The van der Waals surface area contributed by atoms with Crippen molar-refractivity contribution in [2.45, 2.75) is 20.4 Å². The molecule has 14 heavy (non-hydrogen) atoms. The lowest BCUT2D eigenvalue weighted by Gasteiger charge is -2.09. The number of rotatable bonds is 3. The average molecular weight is 193 g/mol. The summed E-state index contributed by atoms with van der Waals surface area (Å²) in [6.07, 6.45) is 1.72. The number of nitrogen functional groups attached to an aromatic ring is 1. The van der Waals surface area contributed by atoms with Gasteiger partial charge < -0.3 is 10.3 Å². The predicted octanol–water partition coefficient (Wildman–Crippen LogP) is 0.788. The molecule has 1 heterocycles. The van der Waals surface area contributed by atoms with Crippen LogP contribution >= 0.6 is 0 Å². The molecular formula is C10H15N3O. The molecule has 0 bridgehead atoms. The molecule has 0 unspecified atom stereocenters. The van der Waals surface area contributed by atoms with Crippen LogP contribution in [0.3, 0.4) is 0 Å². The molecule has 0 aliphatic heterocycles. The smallest absolute Gasteiger partial charge is 0.261 e. The first kappa shape index (κ1) is 10.5. The predicted molar refractivity (Wildman–Crippen MR) is 56.6 cm³/mol. The Morgan fingerprint density at radius 3 is 2.79 bits per heavy atom. The fraction of sp³-hybridized carbons (Fsp3) is 0.400. The van der Waals surface area contributed by atoms with Crippen LogP contribution in [-0.4, -0.2) is 10.4 Å². The summed E-state index contributed by atoms with van der Waals surface area (Å²) in [4.78, 5) is 11.7. The molecule has 0 aliphatic rings. The van der Waals surface area contributed by atoms with Gasteiger partial charge in [0.05, 0.1) is 5.56 Å². The van der Waals surface area contributed by atoms with Crippen molar-refractivity contribution in [1.29, 1.82) is 5.41 Å². The highest BCUT2D eigenvalue weighted by atomic mass is 16.1. The SMILES string of the molecule is CC(C)Cn1cccc(C(=N)N)c1=O. The quantitative estimate of drug-likeness (QED) is 0.550. The van der Waals surface area contributed by atoms with Gasteiger partial charge in [-0.25, -0.2) is 0 Å². The first-order chi connectivity index (χ1) is 6.52. The van der Waals surface area contributed by atoms with Gasteiger partial charge in [0, 0.05) is 12.7 Å². The Morgan fingerprint density at radius 1 is 1.64 bits per heavy atom. The summed E-state index contributed by atoms with van der Waals surface area (Å²) in [5.74, 6) is 0.225. The molecule has 0 saturated carbocycles. The van der Waals surface area contributed by atoms with Gasteiger partial charge in [-0.2, -0.15) is 0 Å². The highest BCUT2D eigenvalue weighted by molar-refractivity contribution is 5.94. The van der Waals surface area contributed by atoms with E-state index in [9.17, 15) is 4.79 Å². The largest absolute Gasteiger partial charge is 0.384 e. The molecule has 3 N–H and O–H groups in total. The van der Waals surface area contributed by atoms with Gasteiger partial charge in [0.15, 0.2) is 0 Å². The van der Waals surface area contributed by atoms with E-state index < -0.39 is 0 Å². The van der Waals surface area contributed by atoms with Gasteiger partial charge >= 0.3 is 0 Å². The second-order valence-electron chi connectivity index (χ2n) is 3.69. The number of nitrogens with one attached hydrogen (secondary N) is 1. The lowest BCUT2D eigenvalue weighted by atomic mass is 10.2. The van der Waals surface area contributed by atoms with Gasteiger partial charge in [-0.1, -0.05) is 13.8 Å². The molecule has 1 aromatic heterocycles. The first-order valence-corrected chi connectivity index (χ1v) is 4.56. The molecule has 4 heteroatoms. The second-order valence-corrected chi connectivity index (χ2v) is 3.69. The van der Waals surface area contributed by atoms with Gasteiger partial charge in [-0.3, -0.25) is 10.2 Å². The Kier molecular flexibility index (Phi) is 3.06. The zero-order valence-electron chi connectivity index (χ0n) is 8.45. The zero-order valence-corrected chi connectivity index (χ0v) is 8.45. The molecule has 0 amide bonds. The Labute approximate surface area is 82.9 Å². The third kappa shape index (κ3) is 2.22. The highest BCUT2D eigenvalue weighted by Gasteiger charge is 2.06. The van der Waals surface area contributed by atoms with Crippen molar-refractivity contribution in [3.05, 3.63) is 34.2 Å². The minimum atomic E-state index is -0.186. The monoisotopic (exact) mass is 193 g/mol. The molecule has 1 rings (SSSR count). The van der Waals surface area contributed by atoms with Gasteiger partial charge in [0.1, 0.15) is 5.84 Å². The molecule has 0 aromatic carbocycles. The average Bonchev–Trinajstić information content (AvgIpc) is 2.07. The van der Waals surface area contributed by atoms with E-state index in [-0.39, 0.29) is 17.0 Å². The number of pyridine rings is 1. The number of hydrogen-bond donors (Lipinski definition) is 2. The third-order valence-electron chi connectivity index (χ3n) is 1.87. The van der Waals surface area contributed by atoms with Gasteiger partial charge in [-0.05, 0) is 18.1 Å². The number of aromatic nitrogens is 1. The maximum Gasteiger partial charge on any atom is 0.261 e. The number of hydrogen-bond acceptors (Lipinski definition) is 2. The molecule has 0 fully saturated rings. The molecule has 0 aliphatic carbocycles. The lowest BCUT2D eigenvalue weighted by molar-refractivity contribution is 0.510. The first-order valence-electron chi connectivity index (χ1n) is 4.56. The molecule has 0 radical (unpaired) electrons. The molecular weight excluding hydrogens is 178 g/mol. The van der Waals surface area contributed by atoms with Crippen LogP contribution in [0.1, 0.15) is 19.4 Å². The van der Waals surface area contributed by atoms with Gasteiger partial charge in [0.2, 0.25) is 0 Å². The normalized spacial score (nSPS) is 10.5. The Morgan fingerprint density at radius 2 is 2.29 bits per heavy atom. The van der Waals surface area contributed by atoms with Crippen molar-refractivity contribution in [2.24, 2.45) is 11.7 Å². The minimum Gasteiger partial charge on any atom is -0.384 e. The summed E-state index contributed by atoms with van der Waals surface area (Å²) < 4.78 is 1.58. The lowest BCUT2D eigenvalue weighted by Crippen LogP contribution is -2.30. The molecule has 0 spiro atoms. The van der Waals surface area contributed by atoms with E-state index in [0.29, 0.717) is 12.5 Å². The molecule has 4 nitrogen and oxygen atoms in total. The summed E-state index contributed by atoms with van der Waals surface area (Å²) in [5.41, 5.74) is 5.37. The molecule has 76 valence electrons. The number of amidine groups is 1. The fourth-order valence-electron chi connectivity index (χ4n) is 1.28. The highest BCUT2D eigenvalue weighted by Crippen LogP contribution is 1.97. The van der Waals surface area contributed by atoms with E-state index in [2.05, 4.69) is 0 Å². The standard InChI is InChI=1S/C10H15N3O/c1-7(2)6-13-5-3-4-8(9(11)12)10(13)14/h3-5,7H,6H2,1-2H3,(H3,11,12). The van der Waals surface area contributed by atoms with Crippen LogP contribution in [0.2, 0.25) is 0 Å². The van der Waals surface area contributed by atoms with E-state index in [0.717, 1.165) is 0 Å². The minimum absolute atomic E-state index is 0.173. The van der Waals surface area contributed by atoms with Crippen molar-refractivity contribution in [2.75, 3.05) is 0 Å². The van der Waals surface area contributed by atoms with E-state index in [4.69, 9.17) is 11.1 Å². The number of nitrogens with two attached hydrogens (primary N) is 1. The topological polar surface area (TPSA) is 71.9 Å². The van der Waals surface area contributed by atoms with E-state index >= 15 is 0 Å². The van der Waals surface area contributed by atoms with Crippen LogP contribution in [0.25, 0.3) is 0 Å². The van der Waals surface area contributed by atoms with E-state index in [1.807, 2.05) is 13.8 Å². The Balaban J connectivity index is 3.15. The fourth-order valence-corrected chi connectivity index (χ4v) is 1.28. The number of nitrogens with zero attached hydrogens (tertiary/aromatic N) is 1. The van der Waals surface area contributed by atoms with Crippen LogP contribution in [0, 0.1) is 11.3 Å². The van der Waals surface area contributed by atoms with Gasteiger partial charge in [0.25, 0.3) is 5.56 Å². The Bertz CT molecular complexity index is 393. The third-order valence-corrected chi connectivity index (χ3v) is 1.87. The van der Waals surface area contributed by atoms with Crippen molar-refractivity contribution in [1.82, 2.24) is 4.57 Å². The van der Waals surface area contributed by atoms with Crippen molar-refractivity contribution >= 4 is 5.84 Å². The van der Waals surface area contributed by atoms with Crippen LogP contribution in [0.5, 0.6) is 0 Å². The van der Waals surface area contributed by atoms with Crippen LogP contribution < -0.4 is 11.3 Å². The second kappa shape index (κ2) is 4.09. The van der Waals surface area contributed by atoms with Crippen LogP contribution in [0.15, 0.2) is 23.1 Å². The van der Waals surface area contributed by atoms with E-state index in [1.165, 1.54) is 0 Å². The van der Waals surface area contributed by atoms with Crippen molar-refractivity contribution in [3.63, 3.8) is 0 Å². The zero-order chi connectivity index (χ0) is 10.7. The molecule has 0 atom stereocenters. The van der Waals surface area contributed by atoms with Crippen LogP contribution in [0.4, 0.5) is 0 Å².